The molecule has 0 spiro atoms. The van der Waals surface area contributed by atoms with Gasteiger partial charge in [0.2, 0.25) is 11.8 Å². The molecule has 2 amide bonds. The van der Waals surface area contributed by atoms with Gasteiger partial charge in [-0.3, -0.25) is 9.59 Å². The summed E-state index contributed by atoms with van der Waals surface area (Å²) in [5, 5.41) is 1.97. The monoisotopic (exact) mass is 415 g/mol. The van der Waals surface area contributed by atoms with E-state index in [0.717, 1.165) is 5.69 Å². The first kappa shape index (κ1) is 21.5. The Morgan fingerprint density at radius 2 is 1.89 bits per heavy atom. The Hall–Kier alpha value is -1.80. The molecule has 9 heteroatoms. The maximum atomic E-state index is 12.3. The zero-order valence-corrected chi connectivity index (χ0v) is 17.2. The molecular formula is C18H26ClN3O4S. The van der Waals surface area contributed by atoms with Gasteiger partial charge in [-0.15, -0.1) is 0 Å². The van der Waals surface area contributed by atoms with Gasteiger partial charge in [-0.1, -0.05) is 24.6 Å². The van der Waals surface area contributed by atoms with E-state index in [1.54, 1.807) is 11.8 Å². The van der Waals surface area contributed by atoms with Gasteiger partial charge in [0, 0.05) is 36.9 Å². The van der Waals surface area contributed by atoms with Crippen LogP contribution in [0, 0.1) is 0 Å². The number of halogens is 1. The maximum absolute atomic E-state index is 12.3. The number of carbonyl (C=O) groups excluding carboxylic acids is 2. The molecule has 1 aromatic carbocycles. The van der Waals surface area contributed by atoms with Gasteiger partial charge in [0.1, 0.15) is 5.25 Å². The first-order valence-corrected chi connectivity index (χ1v) is 11.1. The summed E-state index contributed by atoms with van der Waals surface area (Å²) in [7, 11) is -3.48. The van der Waals surface area contributed by atoms with Crippen molar-refractivity contribution in [3.63, 3.8) is 0 Å². The van der Waals surface area contributed by atoms with Crippen LogP contribution in [0.5, 0.6) is 0 Å². The topological polar surface area (TPSA) is 86.8 Å². The minimum atomic E-state index is -3.48. The molecule has 0 bridgehead atoms. The zero-order valence-electron chi connectivity index (χ0n) is 15.7. The number of hydrogen-bond donors (Lipinski definition) is 1. The Balaban J connectivity index is 1.81. The third-order valence-corrected chi connectivity index (χ3v) is 7.12. The molecule has 1 N–H and O–H groups in total. The summed E-state index contributed by atoms with van der Waals surface area (Å²) >= 11 is 6.02. The van der Waals surface area contributed by atoms with Crippen LogP contribution in [0.15, 0.2) is 24.3 Å². The smallest absolute Gasteiger partial charge is 0.242 e. The van der Waals surface area contributed by atoms with E-state index in [0.29, 0.717) is 37.6 Å². The molecule has 1 saturated heterocycles. The molecule has 150 valence electrons. The number of sulfone groups is 1. The van der Waals surface area contributed by atoms with Crippen molar-refractivity contribution in [1.29, 1.82) is 0 Å². The van der Waals surface area contributed by atoms with Gasteiger partial charge in [0.25, 0.3) is 0 Å². The number of carbonyl (C=O) groups is 2. The van der Waals surface area contributed by atoms with E-state index in [2.05, 4.69) is 10.2 Å². The minimum absolute atomic E-state index is 0.0407. The van der Waals surface area contributed by atoms with Gasteiger partial charge in [-0.25, -0.2) is 8.42 Å². The molecule has 7 nitrogen and oxygen atoms in total. The van der Waals surface area contributed by atoms with Crippen LogP contribution >= 0.6 is 11.6 Å². The highest BCUT2D eigenvalue weighted by Gasteiger charge is 2.28. The molecule has 0 radical (unpaired) electrons. The normalized spacial score (nSPS) is 16.1. The summed E-state index contributed by atoms with van der Waals surface area (Å²) in [5.41, 5.74) is 1.01. The van der Waals surface area contributed by atoms with Crippen LogP contribution in [0.4, 0.5) is 5.69 Å². The van der Waals surface area contributed by atoms with Crippen molar-refractivity contribution in [3.8, 4) is 0 Å². The van der Waals surface area contributed by atoms with Gasteiger partial charge >= 0.3 is 0 Å². The van der Waals surface area contributed by atoms with E-state index >= 15 is 0 Å². The highest BCUT2D eigenvalue weighted by molar-refractivity contribution is 7.92. The van der Waals surface area contributed by atoms with Crippen molar-refractivity contribution in [3.05, 3.63) is 29.3 Å². The van der Waals surface area contributed by atoms with E-state index in [4.69, 9.17) is 11.6 Å². The molecule has 2 rings (SSSR count). The Bertz CT molecular complexity index is 777. The fourth-order valence-electron chi connectivity index (χ4n) is 2.93. The van der Waals surface area contributed by atoms with Gasteiger partial charge < -0.3 is 15.1 Å². The van der Waals surface area contributed by atoms with Gasteiger partial charge in [-0.05, 0) is 31.5 Å². The lowest BCUT2D eigenvalue weighted by atomic mass is 10.2. The van der Waals surface area contributed by atoms with Crippen molar-refractivity contribution in [2.24, 2.45) is 0 Å². The summed E-state index contributed by atoms with van der Waals surface area (Å²) in [6.07, 6.45) is 0.454. The first-order valence-electron chi connectivity index (χ1n) is 9.02. The summed E-state index contributed by atoms with van der Waals surface area (Å²) < 4.78 is 23.9. The first-order chi connectivity index (χ1) is 12.7. The third kappa shape index (κ3) is 5.84. The van der Waals surface area contributed by atoms with Crippen LogP contribution in [0.25, 0.3) is 0 Å². The number of amides is 2. The van der Waals surface area contributed by atoms with Crippen LogP contribution in [0.3, 0.4) is 0 Å². The summed E-state index contributed by atoms with van der Waals surface area (Å²) in [6, 6.07) is 7.56. The lowest BCUT2D eigenvalue weighted by Gasteiger charge is -2.36. The number of nitrogens with zero attached hydrogens (tertiary/aromatic N) is 2. The SMILES string of the molecule is CCCS(=O)(=O)C(C)C(=O)NCC(=O)N1CCN(c2cccc(Cl)c2)CC1. The molecule has 1 atom stereocenters. The van der Waals surface area contributed by atoms with Crippen LogP contribution < -0.4 is 10.2 Å². The Morgan fingerprint density at radius 3 is 2.48 bits per heavy atom. The molecule has 1 unspecified atom stereocenters. The van der Waals surface area contributed by atoms with E-state index < -0.39 is 21.0 Å². The largest absolute Gasteiger partial charge is 0.368 e. The lowest BCUT2D eigenvalue weighted by molar-refractivity contribution is -0.133. The number of piperazine rings is 1. The fourth-order valence-corrected chi connectivity index (χ4v) is 4.45. The van der Waals surface area contributed by atoms with Gasteiger partial charge in [0.05, 0.1) is 12.3 Å². The molecule has 0 aliphatic carbocycles. The van der Waals surface area contributed by atoms with E-state index in [9.17, 15) is 18.0 Å². The molecule has 1 aromatic rings. The molecule has 1 heterocycles. The van der Waals surface area contributed by atoms with E-state index in [-0.39, 0.29) is 18.2 Å². The molecule has 1 fully saturated rings. The van der Waals surface area contributed by atoms with Gasteiger partial charge in [-0.2, -0.15) is 0 Å². The van der Waals surface area contributed by atoms with Crippen LogP contribution in [-0.2, 0) is 19.4 Å². The average molecular weight is 416 g/mol. The highest BCUT2D eigenvalue weighted by Crippen LogP contribution is 2.20. The van der Waals surface area contributed by atoms with Gasteiger partial charge in [0.15, 0.2) is 9.84 Å². The van der Waals surface area contributed by atoms with Crippen molar-refractivity contribution >= 4 is 38.9 Å². The molecule has 0 aromatic heterocycles. The summed E-state index contributed by atoms with van der Waals surface area (Å²) in [6.45, 7) is 5.31. The summed E-state index contributed by atoms with van der Waals surface area (Å²) in [5.74, 6) is -0.885. The predicted molar refractivity (Wildman–Crippen MR) is 107 cm³/mol. The molecule has 1 aliphatic rings. The molecule has 27 heavy (non-hydrogen) atoms. The second kappa shape index (κ2) is 9.41. The standard InChI is InChI=1S/C18H26ClN3O4S/c1-3-11-27(25,26)14(2)18(24)20-13-17(23)22-9-7-21(8-10-22)16-6-4-5-15(19)12-16/h4-6,12,14H,3,7-11,13H2,1-2H3,(H,20,24). The maximum Gasteiger partial charge on any atom is 0.242 e. The Labute approximate surface area is 165 Å². The highest BCUT2D eigenvalue weighted by atomic mass is 35.5. The van der Waals surface area contributed by atoms with E-state index in [1.807, 2.05) is 24.3 Å². The van der Waals surface area contributed by atoms with Crippen molar-refractivity contribution in [2.45, 2.75) is 25.5 Å². The average Bonchev–Trinajstić information content (AvgIpc) is 2.65. The second-order valence-electron chi connectivity index (χ2n) is 6.57. The second-order valence-corrected chi connectivity index (χ2v) is 9.45. The fraction of sp³-hybridized carbons (Fsp3) is 0.556. The number of nitrogens with one attached hydrogen (secondary N) is 1. The van der Waals surface area contributed by atoms with Crippen LogP contribution in [0.2, 0.25) is 5.02 Å². The third-order valence-electron chi connectivity index (χ3n) is 4.62. The number of rotatable bonds is 7. The molecular weight excluding hydrogens is 390 g/mol. The number of hydrogen-bond acceptors (Lipinski definition) is 5. The summed E-state index contributed by atoms with van der Waals surface area (Å²) in [4.78, 5) is 28.2. The van der Waals surface area contributed by atoms with Crippen molar-refractivity contribution in [1.82, 2.24) is 10.2 Å². The minimum Gasteiger partial charge on any atom is -0.368 e. The quantitative estimate of drug-likeness (QED) is 0.725. The number of benzene rings is 1. The Kier molecular flexibility index (Phi) is 7.49. The van der Waals surface area contributed by atoms with Crippen LogP contribution in [-0.4, -0.2) is 68.9 Å². The predicted octanol–water partition coefficient (Wildman–Crippen LogP) is 1.32. The molecule has 0 saturated carbocycles. The Morgan fingerprint density at radius 1 is 1.22 bits per heavy atom. The van der Waals surface area contributed by atoms with Crippen LogP contribution in [0.1, 0.15) is 20.3 Å². The number of anilines is 1. The molecule has 1 aliphatic heterocycles. The zero-order chi connectivity index (χ0) is 20.0. The van der Waals surface area contributed by atoms with Crippen molar-refractivity contribution in [2.75, 3.05) is 43.4 Å². The van der Waals surface area contributed by atoms with E-state index in [1.165, 1.54) is 6.92 Å². The van der Waals surface area contributed by atoms with Crippen molar-refractivity contribution < 1.29 is 18.0 Å². The lowest BCUT2D eigenvalue weighted by Crippen LogP contribution is -2.52.